The van der Waals surface area contributed by atoms with E-state index in [1.165, 1.54) is 10.4 Å². The number of benzene rings is 2. The lowest BCUT2D eigenvalue weighted by Gasteiger charge is -2.27. The third-order valence-corrected chi connectivity index (χ3v) is 7.02. The minimum absolute atomic E-state index is 0.0463. The molecule has 1 amide bonds. The molecule has 31 heavy (non-hydrogen) atoms. The van der Waals surface area contributed by atoms with Crippen LogP contribution >= 0.6 is 22.9 Å². The van der Waals surface area contributed by atoms with Crippen molar-refractivity contribution in [3.05, 3.63) is 80.7 Å². The number of halogens is 1. The van der Waals surface area contributed by atoms with Crippen molar-refractivity contribution in [3.63, 3.8) is 0 Å². The van der Waals surface area contributed by atoms with Crippen LogP contribution in [-0.2, 0) is 13.0 Å². The molecule has 0 saturated carbocycles. The van der Waals surface area contributed by atoms with Crippen molar-refractivity contribution >= 4 is 39.8 Å². The molecule has 0 unspecified atom stereocenters. The number of hydrogen-bond donors (Lipinski definition) is 2. The van der Waals surface area contributed by atoms with Gasteiger partial charge in [0.15, 0.2) is 0 Å². The molecular formula is C23H20ClN3O3S. The Morgan fingerprint density at radius 1 is 1.16 bits per heavy atom. The van der Waals surface area contributed by atoms with Crippen LogP contribution in [0.4, 0.5) is 5.00 Å². The SMILES string of the molecule is CN1CCc2c(sc3c2C(=O)N[C@H](c2ccc(OC(=O)c4ccccc4Cl)cc2)N3)C1. The van der Waals surface area contributed by atoms with E-state index in [-0.39, 0.29) is 12.1 Å². The number of hydrogen-bond acceptors (Lipinski definition) is 6. The molecule has 2 aliphatic heterocycles. The first-order chi connectivity index (χ1) is 15.0. The van der Waals surface area contributed by atoms with Gasteiger partial charge < -0.3 is 20.3 Å². The summed E-state index contributed by atoms with van der Waals surface area (Å²) in [5.41, 5.74) is 3.15. The molecule has 0 aliphatic carbocycles. The van der Waals surface area contributed by atoms with Crippen molar-refractivity contribution in [2.24, 2.45) is 0 Å². The topological polar surface area (TPSA) is 70.7 Å². The van der Waals surface area contributed by atoms with Crippen molar-refractivity contribution in [1.82, 2.24) is 10.2 Å². The zero-order valence-electron chi connectivity index (χ0n) is 16.8. The van der Waals surface area contributed by atoms with E-state index in [0.29, 0.717) is 16.3 Å². The van der Waals surface area contributed by atoms with Crippen LogP contribution in [0.1, 0.15) is 42.9 Å². The van der Waals surface area contributed by atoms with Gasteiger partial charge in [0.2, 0.25) is 0 Å². The van der Waals surface area contributed by atoms with Crippen LogP contribution in [0.25, 0.3) is 0 Å². The zero-order chi connectivity index (χ0) is 21.5. The number of amides is 1. The largest absolute Gasteiger partial charge is 0.423 e. The Kier molecular flexibility index (Phi) is 5.17. The van der Waals surface area contributed by atoms with Crippen molar-refractivity contribution in [2.75, 3.05) is 18.9 Å². The second kappa shape index (κ2) is 8.00. The molecule has 1 atom stereocenters. The van der Waals surface area contributed by atoms with Crippen LogP contribution in [0.2, 0.25) is 5.02 Å². The third kappa shape index (κ3) is 3.80. The van der Waals surface area contributed by atoms with Crippen LogP contribution in [0.5, 0.6) is 5.75 Å². The van der Waals surface area contributed by atoms with Gasteiger partial charge in [0, 0.05) is 18.0 Å². The molecule has 1 aromatic heterocycles. The van der Waals surface area contributed by atoms with E-state index in [2.05, 4.69) is 22.6 Å². The molecule has 0 fully saturated rings. The number of likely N-dealkylation sites (N-methyl/N-ethyl adjacent to an activating group) is 1. The van der Waals surface area contributed by atoms with Crippen LogP contribution in [0.3, 0.4) is 0 Å². The first-order valence-electron chi connectivity index (χ1n) is 9.97. The fraction of sp³-hybridized carbons (Fsp3) is 0.217. The summed E-state index contributed by atoms with van der Waals surface area (Å²) < 4.78 is 5.43. The molecule has 3 heterocycles. The summed E-state index contributed by atoms with van der Waals surface area (Å²) in [7, 11) is 2.10. The lowest BCUT2D eigenvalue weighted by molar-refractivity contribution is 0.0734. The average molecular weight is 454 g/mol. The standard InChI is InChI=1S/C23H20ClN3O3S/c1-27-11-10-16-18(12-27)31-22-19(16)21(28)25-20(26-22)13-6-8-14(9-7-13)30-23(29)15-4-2-3-5-17(15)24/h2-9,20,26H,10-12H2,1H3,(H,25,28)/t20-/m0/s1. The Morgan fingerprint density at radius 2 is 1.94 bits per heavy atom. The summed E-state index contributed by atoms with van der Waals surface area (Å²) in [6, 6.07) is 13.8. The van der Waals surface area contributed by atoms with Gasteiger partial charge in [0.05, 0.1) is 16.1 Å². The van der Waals surface area contributed by atoms with Gasteiger partial charge in [0.25, 0.3) is 5.91 Å². The number of anilines is 1. The number of thiophene rings is 1. The normalized spacial score (nSPS) is 17.9. The molecule has 2 aromatic carbocycles. The van der Waals surface area contributed by atoms with Crippen LogP contribution in [-0.4, -0.2) is 30.4 Å². The maximum Gasteiger partial charge on any atom is 0.345 e. The van der Waals surface area contributed by atoms with E-state index >= 15 is 0 Å². The lowest BCUT2D eigenvalue weighted by Crippen LogP contribution is -2.38. The van der Waals surface area contributed by atoms with E-state index in [1.54, 1.807) is 47.7 Å². The van der Waals surface area contributed by atoms with E-state index in [0.717, 1.165) is 35.6 Å². The van der Waals surface area contributed by atoms with Crippen LogP contribution in [0.15, 0.2) is 48.5 Å². The van der Waals surface area contributed by atoms with Crippen molar-refractivity contribution in [2.45, 2.75) is 19.1 Å². The molecule has 2 aliphatic rings. The Morgan fingerprint density at radius 3 is 2.71 bits per heavy atom. The second-order valence-corrected chi connectivity index (χ2v) is 9.20. The van der Waals surface area contributed by atoms with Gasteiger partial charge in [0.1, 0.15) is 16.9 Å². The van der Waals surface area contributed by atoms with Gasteiger partial charge in [-0.05, 0) is 48.9 Å². The molecule has 6 nitrogen and oxygen atoms in total. The van der Waals surface area contributed by atoms with Crippen LogP contribution < -0.4 is 15.4 Å². The minimum atomic E-state index is -0.513. The van der Waals surface area contributed by atoms with Gasteiger partial charge >= 0.3 is 5.97 Å². The monoisotopic (exact) mass is 453 g/mol. The van der Waals surface area contributed by atoms with Crippen molar-refractivity contribution in [3.8, 4) is 5.75 Å². The fourth-order valence-corrected chi connectivity index (χ4v) is 5.49. The smallest absolute Gasteiger partial charge is 0.345 e. The molecule has 3 aromatic rings. The summed E-state index contributed by atoms with van der Waals surface area (Å²) in [5.74, 6) is -0.151. The average Bonchev–Trinajstić information content (AvgIpc) is 3.12. The maximum atomic E-state index is 12.8. The highest BCUT2D eigenvalue weighted by Gasteiger charge is 2.32. The van der Waals surface area contributed by atoms with Gasteiger partial charge in [-0.1, -0.05) is 35.9 Å². The molecule has 0 bridgehead atoms. The Labute approximate surface area is 188 Å². The molecule has 0 radical (unpaired) electrons. The zero-order valence-corrected chi connectivity index (χ0v) is 18.3. The molecule has 158 valence electrons. The summed E-state index contributed by atoms with van der Waals surface area (Å²) in [4.78, 5) is 28.7. The Balaban J connectivity index is 1.32. The quantitative estimate of drug-likeness (QED) is 0.452. The first-order valence-corrected chi connectivity index (χ1v) is 11.2. The number of nitrogens with one attached hydrogen (secondary N) is 2. The highest BCUT2D eigenvalue weighted by Crippen LogP contribution is 2.40. The number of fused-ring (bicyclic) bond motifs is 3. The second-order valence-electron chi connectivity index (χ2n) is 7.68. The molecule has 5 rings (SSSR count). The third-order valence-electron chi connectivity index (χ3n) is 5.54. The Hall–Kier alpha value is -2.87. The number of carbonyl (C=O) groups is 2. The van der Waals surface area contributed by atoms with Gasteiger partial charge in [-0.2, -0.15) is 0 Å². The molecule has 2 N–H and O–H groups in total. The predicted octanol–water partition coefficient (Wildman–Crippen LogP) is 4.46. The molecular weight excluding hydrogens is 434 g/mol. The number of nitrogens with zero attached hydrogens (tertiary/aromatic N) is 1. The van der Waals surface area contributed by atoms with E-state index in [4.69, 9.17) is 16.3 Å². The van der Waals surface area contributed by atoms with E-state index in [1.807, 2.05) is 12.1 Å². The fourth-order valence-electron chi connectivity index (χ4n) is 3.93. The summed E-state index contributed by atoms with van der Waals surface area (Å²) in [6.07, 6.45) is 0.550. The predicted molar refractivity (Wildman–Crippen MR) is 121 cm³/mol. The van der Waals surface area contributed by atoms with Gasteiger partial charge in [-0.15, -0.1) is 11.3 Å². The molecule has 0 spiro atoms. The lowest BCUT2D eigenvalue weighted by atomic mass is 10.0. The number of ether oxygens (including phenoxy) is 1. The number of carbonyl (C=O) groups excluding carboxylic acids is 2. The van der Waals surface area contributed by atoms with Crippen molar-refractivity contribution < 1.29 is 14.3 Å². The Bertz CT molecular complexity index is 1180. The van der Waals surface area contributed by atoms with E-state index < -0.39 is 5.97 Å². The highest BCUT2D eigenvalue weighted by atomic mass is 35.5. The minimum Gasteiger partial charge on any atom is -0.423 e. The first kappa shape index (κ1) is 20.1. The summed E-state index contributed by atoms with van der Waals surface area (Å²) in [6.45, 7) is 1.83. The van der Waals surface area contributed by atoms with Gasteiger partial charge in [-0.3, -0.25) is 4.79 Å². The van der Waals surface area contributed by atoms with Crippen LogP contribution in [0, 0.1) is 0 Å². The van der Waals surface area contributed by atoms with Crippen molar-refractivity contribution in [1.29, 1.82) is 0 Å². The van der Waals surface area contributed by atoms with E-state index in [9.17, 15) is 9.59 Å². The maximum absolute atomic E-state index is 12.8. The van der Waals surface area contributed by atoms with Gasteiger partial charge in [-0.25, -0.2) is 4.79 Å². The molecule has 0 saturated heterocycles. The number of esters is 1. The highest BCUT2D eigenvalue weighted by molar-refractivity contribution is 7.16. The molecule has 8 heteroatoms. The summed E-state index contributed by atoms with van der Waals surface area (Å²) >= 11 is 7.72. The number of rotatable bonds is 3. The summed E-state index contributed by atoms with van der Waals surface area (Å²) in [5, 5.41) is 7.77.